The van der Waals surface area contributed by atoms with Crippen molar-refractivity contribution in [2.45, 2.75) is 115 Å². The number of tetrazole rings is 1. The highest BCUT2D eigenvalue weighted by Gasteiger charge is 2.20. The van der Waals surface area contributed by atoms with Crippen molar-refractivity contribution in [1.82, 2.24) is 25.9 Å². The molecule has 1 aromatic heterocycles. The molecule has 0 saturated heterocycles. The highest BCUT2D eigenvalue weighted by atomic mass is 16.4. The van der Waals surface area contributed by atoms with E-state index in [9.17, 15) is 14.4 Å². The van der Waals surface area contributed by atoms with Crippen LogP contribution in [0.3, 0.4) is 0 Å². The van der Waals surface area contributed by atoms with Gasteiger partial charge in [0.1, 0.15) is 6.04 Å². The number of hydrogen-bond acceptors (Lipinski definition) is 6. The zero-order valence-electron chi connectivity index (χ0n) is 19.1. The van der Waals surface area contributed by atoms with Crippen molar-refractivity contribution in [1.29, 1.82) is 0 Å². The fraction of sp³-hybridized carbons (Fsp3) is 0.818. The molecule has 0 spiro atoms. The smallest absolute Gasteiger partial charge is 0.326 e. The molecule has 10 nitrogen and oxygen atoms in total. The number of aryl methyl sites for hydroxylation is 1. The van der Waals surface area contributed by atoms with Gasteiger partial charge in [0, 0.05) is 19.3 Å². The van der Waals surface area contributed by atoms with Crippen LogP contribution in [0.2, 0.25) is 0 Å². The van der Waals surface area contributed by atoms with Crippen LogP contribution in [-0.2, 0) is 20.8 Å². The number of nitrogens with one attached hydrogen (secondary N) is 2. The van der Waals surface area contributed by atoms with Crippen molar-refractivity contribution < 1.29 is 24.6 Å². The minimum atomic E-state index is -1.19. The van der Waals surface area contributed by atoms with Gasteiger partial charge in [0.2, 0.25) is 5.91 Å². The van der Waals surface area contributed by atoms with Gasteiger partial charge in [-0.05, 0) is 19.3 Å². The lowest BCUT2D eigenvalue weighted by Crippen LogP contribution is -2.41. The van der Waals surface area contributed by atoms with Gasteiger partial charge in [0.25, 0.3) is 0 Å². The second-order valence-corrected chi connectivity index (χ2v) is 8.31. The van der Waals surface area contributed by atoms with E-state index in [4.69, 9.17) is 10.2 Å². The number of carboxylic acids is 2. The molecule has 10 heteroatoms. The van der Waals surface area contributed by atoms with Gasteiger partial charge in [0.05, 0.1) is 0 Å². The van der Waals surface area contributed by atoms with Crippen molar-refractivity contribution in [3.63, 3.8) is 0 Å². The maximum absolute atomic E-state index is 11.8. The minimum Gasteiger partial charge on any atom is -0.481 e. The van der Waals surface area contributed by atoms with Crippen LogP contribution >= 0.6 is 0 Å². The summed E-state index contributed by atoms with van der Waals surface area (Å²) in [5.74, 6) is -1.79. The highest BCUT2D eigenvalue weighted by molar-refractivity contribution is 5.83. The minimum absolute atomic E-state index is 0.0993. The van der Waals surface area contributed by atoms with E-state index in [1.807, 2.05) is 0 Å². The molecule has 0 radical (unpaired) electrons. The number of nitrogens with zero attached hydrogens (tertiary/aromatic N) is 3. The van der Waals surface area contributed by atoms with E-state index >= 15 is 0 Å². The largest absolute Gasteiger partial charge is 0.481 e. The first kappa shape index (κ1) is 27.5. The molecule has 0 aromatic carbocycles. The molecule has 1 amide bonds. The van der Waals surface area contributed by atoms with Gasteiger partial charge >= 0.3 is 11.9 Å². The van der Waals surface area contributed by atoms with E-state index in [1.54, 1.807) is 0 Å². The zero-order chi connectivity index (χ0) is 23.4. The molecular formula is C22H39N5O5. The number of rotatable bonds is 21. The Balaban J connectivity index is 1.84. The van der Waals surface area contributed by atoms with Crippen LogP contribution in [0.15, 0.2) is 0 Å². The number of unbranched alkanes of at least 4 members (excludes halogenated alkanes) is 12. The van der Waals surface area contributed by atoms with E-state index in [-0.39, 0.29) is 25.2 Å². The topological polar surface area (TPSA) is 158 Å². The summed E-state index contributed by atoms with van der Waals surface area (Å²) in [7, 11) is 0. The van der Waals surface area contributed by atoms with Crippen LogP contribution in [0.5, 0.6) is 0 Å². The Morgan fingerprint density at radius 1 is 0.781 bits per heavy atom. The molecule has 4 N–H and O–H groups in total. The Morgan fingerprint density at radius 2 is 1.31 bits per heavy atom. The summed E-state index contributed by atoms with van der Waals surface area (Å²) < 4.78 is 0. The normalized spacial score (nSPS) is 11.9. The Morgan fingerprint density at radius 3 is 1.78 bits per heavy atom. The molecule has 0 aliphatic heterocycles. The fourth-order valence-electron chi connectivity index (χ4n) is 3.59. The van der Waals surface area contributed by atoms with Gasteiger partial charge in [-0.25, -0.2) is 4.79 Å². The van der Waals surface area contributed by atoms with Crippen LogP contribution in [-0.4, -0.2) is 54.7 Å². The summed E-state index contributed by atoms with van der Waals surface area (Å²) in [6.07, 6.45) is 15.9. The number of H-pyrrole nitrogens is 1. The average molecular weight is 454 g/mol. The predicted molar refractivity (Wildman–Crippen MR) is 119 cm³/mol. The van der Waals surface area contributed by atoms with E-state index in [0.717, 1.165) is 44.3 Å². The lowest BCUT2D eigenvalue weighted by atomic mass is 10.0. The number of amides is 1. The van der Waals surface area contributed by atoms with Gasteiger partial charge < -0.3 is 15.5 Å². The Bertz CT molecular complexity index is 639. The first-order valence-electron chi connectivity index (χ1n) is 12.0. The fourth-order valence-corrected chi connectivity index (χ4v) is 3.59. The van der Waals surface area contributed by atoms with Crippen molar-refractivity contribution >= 4 is 17.8 Å². The summed E-state index contributed by atoms with van der Waals surface area (Å²) in [6, 6.07) is -1.13. The van der Waals surface area contributed by atoms with Gasteiger partial charge in [-0.1, -0.05) is 75.8 Å². The summed E-state index contributed by atoms with van der Waals surface area (Å²) in [6.45, 7) is 0. The monoisotopic (exact) mass is 453 g/mol. The molecule has 0 saturated carbocycles. The number of carbonyl (C=O) groups is 3. The Hall–Kier alpha value is -2.52. The number of carboxylic acid groups (broad SMARTS) is 2. The second-order valence-electron chi connectivity index (χ2n) is 8.31. The predicted octanol–water partition coefficient (Wildman–Crippen LogP) is 3.64. The first-order valence-corrected chi connectivity index (χ1v) is 12.0. The average Bonchev–Trinajstić information content (AvgIpc) is 3.27. The number of aliphatic carboxylic acids is 2. The summed E-state index contributed by atoms with van der Waals surface area (Å²) in [4.78, 5) is 33.5. The molecule has 0 aliphatic rings. The Kier molecular flexibility index (Phi) is 15.6. The second kappa shape index (κ2) is 18.1. The first-order chi connectivity index (χ1) is 15.5. The molecule has 1 rings (SSSR count). The zero-order valence-corrected chi connectivity index (χ0v) is 19.1. The van der Waals surface area contributed by atoms with Crippen molar-refractivity contribution in [3.8, 4) is 0 Å². The van der Waals surface area contributed by atoms with Gasteiger partial charge in [-0.15, -0.1) is 10.2 Å². The third-order valence-corrected chi connectivity index (χ3v) is 5.47. The lowest BCUT2D eigenvalue weighted by molar-refractivity contribution is -0.143. The molecule has 1 atom stereocenters. The van der Waals surface area contributed by atoms with Crippen LogP contribution < -0.4 is 5.32 Å². The number of aromatic amines is 1. The number of carbonyl (C=O) groups excluding carboxylic acids is 1. The maximum Gasteiger partial charge on any atom is 0.326 e. The maximum atomic E-state index is 11.8. The molecule has 1 aromatic rings. The van der Waals surface area contributed by atoms with Crippen molar-refractivity contribution in [2.24, 2.45) is 0 Å². The number of aromatic nitrogens is 4. The van der Waals surface area contributed by atoms with E-state index in [1.165, 1.54) is 51.4 Å². The highest BCUT2D eigenvalue weighted by Crippen LogP contribution is 2.13. The molecule has 0 aliphatic carbocycles. The van der Waals surface area contributed by atoms with E-state index < -0.39 is 18.0 Å². The molecule has 182 valence electrons. The van der Waals surface area contributed by atoms with E-state index in [2.05, 4.69) is 25.9 Å². The molecule has 32 heavy (non-hydrogen) atoms. The third kappa shape index (κ3) is 15.3. The quantitative estimate of drug-likeness (QED) is 0.205. The molecule has 0 bridgehead atoms. The van der Waals surface area contributed by atoms with Gasteiger partial charge in [-0.2, -0.15) is 5.21 Å². The molecule has 0 fully saturated rings. The summed E-state index contributed by atoms with van der Waals surface area (Å²) in [5.41, 5.74) is 0. The van der Waals surface area contributed by atoms with Crippen LogP contribution in [0.4, 0.5) is 0 Å². The SMILES string of the molecule is O=C(O)CCC(NC(=O)CCCCCCCCCCCCCCCc1nn[nH]n1)C(=O)O. The summed E-state index contributed by atoms with van der Waals surface area (Å²) in [5, 5.41) is 34.0. The van der Waals surface area contributed by atoms with Crippen LogP contribution in [0.25, 0.3) is 0 Å². The molecular weight excluding hydrogens is 414 g/mol. The third-order valence-electron chi connectivity index (χ3n) is 5.47. The lowest BCUT2D eigenvalue weighted by Gasteiger charge is -2.13. The Labute approximate surface area is 189 Å². The standard InChI is InChI=1S/C22H39N5O5/c28-20(23-18(22(31)32)16-17-21(29)30)15-13-11-9-7-5-3-1-2-4-6-8-10-12-14-19-24-26-27-25-19/h18H,1-17H2,(H,23,28)(H,29,30)(H,31,32)(H,24,25,26,27). The van der Waals surface area contributed by atoms with Crippen molar-refractivity contribution in [2.75, 3.05) is 0 Å². The molecule has 1 unspecified atom stereocenters. The van der Waals surface area contributed by atoms with Crippen molar-refractivity contribution in [3.05, 3.63) is 5.82 Å². The van der Waals surface area contributed by atoms with Gasteiger partial charge in [0.15, 0.2) is 5.82 Å². The van der Waals surface area contributed by atoms with Crippen LogP contribution in [0, 0.1) is 0 Å². The summed E-state index contributed by atoms with van der Waals surface area (Å²) >= 11 is 0. The molecule has 1 heterocycles. The van der Waals surface area contributed by atoms with Crippen LogP contribution in [0.1, 0.15) is 109 Å². The number of hydrogen-bond donors (Lipinski definition) is 4. The van der Waals surface area contributed by atoms with E-state index in [0.29, 0.717) is 0 Å². The van der Waals surface area contributed by atoms with Gasteiger partial charge in [-0.3, -0.25) is 9.59 Å².